The van der Waals surface area contributed by atoms with Crippen LogP contribution in [0.2, 0.25) is 0 Å². The first kappa shape index (κ1) is 17.6. The third-order valence-corrected chi connectivity index (χ3v) is 5.43. The monoisotopic (exact) mass is 386 g/mol. The molecule has 2 aromatic heterocycles. The third-order valence-electron chi connectivity index (χ3n) is 5.43. The maximum absolute atomic E-state index is 11.9. The fourth-order valence-corrected chi connectivity index (χ4v) is 3.92. The Morgan fingerprint density at radius 1 is 1.21 bits per heavy atom. The molecule has 0 radical (unpaired) electrons. The molecule has 1 aliphatic rings. The average molecular weight is 386 g/mol. The number of primary amides is 1. The smallest absolute Gasteiger partial charge is 0.267 e. The van der Waals surface area contributed by atoms with Gasteiger partial charge >= 0.3 is 0 Å². The summed E-state index contributed by atoms with van der Waals surface area (Å²) < 4.78 is 1.73. The Hall–Kier alpha value is -3.45. The predicted molar refractivity (Wildman–Crippen MR) is 114 cm³/mol. The summed E-state index contributed by atoms with van der Waals surface area (Å²) in [5.41, 5.74) is 8.25. The molecule has 29 heavy (non-hydrogen) atoms. The van der Waals surface area contributed by atoms with E-state index in [0.29, 0.717) is 17.2 Å². The van der Waals surface area contributed by atoms with Crippen LogP contribution in [0.3, 0.4) is 0 Å². The molecule has 7 heteroatoms. The van der Waals surface area contributed by atoms with Crippen LogP contribution in [0.1, 0.15) is 23.3 Å². The van der Waals surface area contributed by atoms with Crippen molar-refractivity contribution in [3.8, 4) is 11.3 Å². The number of hydrogen-bond donors (Lipinski definition) is 3. The molecule has 5 rings (SSSR count). The fraction of sp³-hybridized carbons (Fsp3) is 0.227. The van der Waals surface area contributed by atoms with E-state index in [1.165, 1.54) is 11.6 Å². The van der Waals surface area contributed by atoms with Crippen molar-refractivity contribution in [3.05, 3.63) is 60.6 Å². The van der Waals surface area contributed by atoms with Crippen LogP contribution in [0.4, 0.5) is 5.82 Å². The van der Waals surface area contributed by atoms with Crippen molar-refractivity contribution in [2.45, 2.75) is 18.9 Å². The van der Waals surface area contributed by atoms with Crippen LogP contribution < -0.4 is 16.4 Å². The molecule has 1 atom stereocenters. The van der Waals surface area contributed by atoms with E-state index in [4.69, 9.17) is 10.7 Å². The van der Waals surface area contributed by atoms with Gasteiger partial charge in [-0.2, -0.15) is 0 Å². The van der Waals surface area contributed by atoms with Gasteiger partial charge < -0.3 is 16.4 Å². The standard InChI is InChI=1S/C22H22N6O/c23-20(29)19-12-25-21(26-17-6-3-9-24-11-17)22-27-18(13-28(19)22)16-8-7-14-4-1-2-5-15(14)10-16/h1-2,4-5,7-8,10,12-13,17,24H,3,6,9,11H2,(H2,23,29)(H,25,26). The second-order valence-corrected chi connectivity index (χ2v) is 7.43. The Balaban J connectivity index is 1.61. The van der Waals surface area contributed by atoms with Crippen molar-refractivity contribution in [2.24, 2.45) is 5.73 Å². The number of nitrogens with zero attached hydrogens (tertiary/aromatic N) is 3. The quantitative estimate of drug-likeness (QED) is 0.501. The lowest BCUT2D eigenvalue weighted by Gasteiger charge is -2.24. The lowest BCUT2D eigenvalue weighted by Crippen LogP contribution is -2.38. The molecule has 3 heterocycles. The maximum atomic E-state index is 11.9. The number of carbonyl (C=O) groups excluding carboxylic acids is 1. The van der Waals surface area contributed by atoms with Crippen molar-refractivity contribution >= 4 is 28.1 Å². The molecule has 7 nitrogen and oxygen atoms in total. The molecule has 1 aliphatic heterocycles. The van der Waals surface area contributed by atoms with Gasteiger partial charge in [0.15, 0.2) is 11.5 Å². The van der Waals surface area contributed by atoms with Gasteiger partial charge in [-0.25, -0.2) is 9.97 Å². The van der Waals surface area contributed by atoms with Crippen LogP contribution in [0.5, 0.6) is 0 Å². The first-order valence-electron chi connectivity index (χ1n) is 9.83. The number of hydrogen-bond acceptors (Lipinski definition) is 5. The highest BCUT2D eigenvalue weighted by molar-refractivity contribution is 5.93. The number of anilines is 1. The Morgan fingerprint density at radius 2 is 2.07 bits per heavy atom. The number of imidazole rings is 1. The van der Waals surface area contributed by atoms with Crippen LogP contribution in [-0.2, 0) is 0 Å². The van der Waals surface area contributed by atoms with Crippen LogP contribution in [-0.4, -0.2) is 39.4 Å². The number of amides is 1. The zero-order valence-corrected chi connectivity index (χ0v) is 15.9. The number of piperidine rings is 1. The van der Waals surface area contributed by atoms with Crippen LogP contribution >= 0.6 is 0 Å². The number of aromatic nitrogens is 3. The van der Waals surface area contributed by atoms with Gasteiger partial charge in [-0.05, 0) is 36.2 Å². The summed E-state index contributed by atoms with van der Waals surface area (Å²) in [5, 5.41) is 9.18. The summed E-state index contributed by atoms with van der Waals surface area (Å²) in [4.78, 5) is 21.2. The summed E-state index contributed by atoms with van der Waals surface area (Å²) >= 11 is 0. The van der Waals surface area contributed by atoms with Crippen LogP contribution in [0.15, 0.2) is 54.9 Å². The number of nitrogens with one attached hydrogen (secondary N) is 2. The summed E-state index contributed by atoms with van der Waals surface area (Å²) in [5.74, 6) is 0.131. The molecular formula is C22H22N6O. The molecule has 1 fully saturated rings. The van der Waals surface area contributed by atoms with Gasteiger partial charge in [0.1, 0.15) is 5.69 Å². The Labute approximate surface area is 168 Å². The summed E-state index contributed by atoms with van der Waals surface area (Å²) in [6.07, 6.45) is 5.55. The van der Waals surface area contributed by atoms with Gasteiger partial charge in [0.2, 0.25) is 0 Å². The van der Waals surface area contributed by atoms with E-state index in [1.807, 2.05) is 24.4 Å². The molecular weight excluding hydrogens is 364 g/mol. The molecule has 146 valence electrons. The molecule has 4 N–H and O–H groups in total. The minimum absolute atomic E-state index is 0.278. The highest BCUT2D eigenvalue weighted by Crippen LogP contribution is 2.27. The number of rotatable bonds is 4. The second kappa shape index (κ2) is 7.18. The van der Waals surface area contributed by atoms with Gasteiger partial charge in [-0.15, -0.1) is 0 Å². The van der Waals surface area contributed by atoms with Crippen molar-refractivity contribution in [1.29, 1.82) is 0 Å². The van der Waals surface area contributed by atoms with E-state index >= 15 is 0 Å². The first-order valence-corrected chi connectivity index (χ1v) is 9.83. The summed E-state index contributed by atoms with van der Waals surface area (Å²) in [7, 11) is 0. The SMILES string of the molecule is NC(=O)c1cnc(NC2CCCNC2)c2nc(-c3ccc4ccccc4c3)cn12. The highest BCUT2D eigenvalue weighted by atomic mass is 16.1. The van der Waals surface area contributed by atoms with E-state index in [9.17, 15) is 4.79 Å². The summed E-state index contributed by atoms with van der Waals surface area (Å²) in [6, 6.07) is 14.7. The zero-order valence-electron chi connectivity index (χ0n) is 15.9. The molecule has 1 amide bonds. The van der Waals surface area contributed by atoms with Gasteiger partial charge in [0, 0.05) is 24.3 Å². The predicted octanol–water partition coefficient (Wildman–Crippen LogP) is 2.81. The first-order chi connectivity index (χ1) is 14.2. The van der Waals surface area contributed by atoms with Gasteiger partial charge in [0.05, 0.1) is 11.9 Å². The Kier molecular flexibility index (Phi) is 4.37. The maximum Gasteiger partial charge on any atom is 0.267 e. The van der Waals surface area contributed by atoms with E-state index in [1.54, 1.807) is 4.40 Å². The average Bonchev–Trinajstić information content (AvgIpc) is 3.20. The molecule has 0 spiro atoms. The molecule has 1 unspecified atom stereocenters. The van der Waals surface area contributed by atoms with E-state index < -0.39 is 5.91 Å². The molecule has 0 aliphatic carbocycles. The summed E-state index contributed by atoms with van der Waals surface area (Å²) in [6.45, 7) is 1.92. The van der Waals surface area contributed by atoms with Crippen molar-refractivity contribution in [1.82, 2.24) is 19.7 Å². The molecule has 0 saturated carbocycles. The molecule has 1 saturated heterocycles. The van der Waals surface area contributed by atoms with Gasteiger partial charge in [0.25, 0.3) is 5.91 Å². The van der Waals surface area contributed by atoms with Crippen molar-refractivity contribution in [3.63, 3.8) is 0 Å². The third kappa shape index (κ3) is 3.30. The lowest BCUT2D eigenvalue weighted by atomic mass is 10.1. The van der Waals surface area contributed by atoms with Crippen molar-refractivity contribution < 1.29 is 4.79 Å². The number of benzene rings is 2. The lowest BCUT2D eigenvalue weighted by molar-refractivity contribution is 0.0994. The minimum Gasteiger partial charge on any atom is -0.364 e. The minimum atomic E-state index is -0.532. The topological polar surface area (TPSA) is 97.3 Å². The largest absolute Gasteiger partial charge is 0.364 e. The number of fused-ring (bicyclic) bond motifs is 2. The molecule has 4 aromatic rings. The molecule has 2 aromatic carbocycles. The van der Waals surface area contributed by atoms with Crippen LogP contribution in [0, 0.1) is 0 Å². The number of nitrogens with two attached hydrogens (primary N) is 1. The number of carbonyl (C=O) groups is 1. The Morgan fingerprint density at radius 3 is 2.86 bits per heavy atom. The fourth-order valence-electron chi connectivity index (χ4n) is 3.92. The van der Waals surface area contributed by atoms with Gasteiger partial charge in [-0.3, -0.25) is 9.20 Å². The second-order valence-electron chi connectivity index (χ2n) is 7.43. The molecule has 0 bridgehead atoms. The van der Waals surface area contributed by atoms with Gasteiger partial charge in [-0.1, -0.05) is 36.4 Å². The Bertz CT molecular complexity index is 1210. The zero-order chi connectivity index (χ0) is 19.8. The van der Waals surface area contributed by atoms with E-state index in [0.717, 1.165) is 42.6 Å². The van der Waals surface area contributed by atoms with E-state index in [2.05, 4.69) is 39.9 Å². The highest BCUT2D eigenvalue weighted by Gasteiger charge is 2.19. The van der Waals surface area contributed by atoms with E-state index in [-0.39, 0.29) is 6.04 Å². The normalized spacial score (nSPS) is 16.9. The van der Waals surface area contributed by atoms with Crippen molar-refractivity contribution in [2.75, 3.05) is 18.4 Å². The van der Waals surface area contributed by atoms with Crippen LogP contribution in [0.25, 0.3) is 27.7 Å².